The molecule has 6 atom stereocenters. The maximum atomic E-state index is 12.7. The Balaban J connectivity index is 1.55. The molecule has 2 aliphatic heterocycles. The number of hydrogen-bond acceptors (Lipinski definition) is 6. The summed E-state index contributed by atoms with van der Waals surface area (Å²) in [6.45, 7) is 12.8. The normalized spacial score (nSPS) is 35.7. The summed E-state index contributed by atoms with van der Waals surface area (Å²) in [7, 11) is 3.41. The van der Waals surface area contributed by atoms with Crippen LogP contribution in [0.15, 0.2) is 0 Å². The third-order valence-corrected chi connectivity index (χ3v) is 10.0. The minimum Gasteiger partial charge on any atom is -0.633 e. The molecule has 0 bridgehead atoms. The van der Waals surface area contributed by atoms with Gasteiger partial charge in [0.25, 0.3) is 0 Å². The van der Waals surface area contributed by atoms with E-state index in [1.54, 1.807) is 14.1 Å². The number of nitrogens with zero attached hydrogens (tertiary/aromatic N) is 2. The fourth-order valence-electron chi connectivity index (χ4n) is 5.62. The van der Waals surface area contributed by atoms with Crippen molar-refractivity contribution in [2.45, 2.75) is 129 Å². The lowest BCUT2D eigenvalue weighted by Crippen LogP contribution is -2.65. The van der Waals surface area contributed by atoms with Crippen molar-refractivity contribution >= 4 is 11.9 Å². The van der Waals surface area contributed by atoms with Gasteiger partial charge in [0.15, 0.2) is 0 Å². The SMILES string of the molecule is CC1C(OC(=O)CCCCCCCCC(=O)OC2CC[N+](C)([O-])C(C)(C)C2C)CC[N+](C)([O-])C1(C)C. The molecular weight excluding hydrogens is 460 g/mol. The molecule has 2 heterocycles. The number of hydrogen-bond donors (Lipinski definition) is 0. The fraction of sp³-hybridized carbons (Fsp3) is 0.929. The summed E-state index contributed by atoms with van der Waals surface area (Å²) in [5.74, 6) is -0.293. The number of piperidine rings is 2. The molecule has 36 heavy (non-hydrogen) atoms. The van der Waals surface area contributed by atoms with Gasteiger partial charge in [0, 0.05) is 37.5 Å². The van der Waals surface area contributed by atoms with Crippen molar-refractivity contribution in [3.8, 4) is 0 Å². The van der Waals surface area contributed by atoms with E-state index in [0.29, 0.717) is 38.8 Å². The number of esters is 2. The van der Waals surface area contributed by atoms with Gasteiger partial charge >= 0.3 is 11.9 Å². The van der Waals surface area contributed by atoms with Crippen LogP contribution in [0.2, 0.25) is 0 Å². The smallest absolute Gasteiger partial charge is 0.306 e. The first-order valence-corrected chi connectivity index (χ1v) is 14.0. The van der Waals surface area contributed by atoms with E-state index >= 15 is 0 Å². The van der Waals surface area contributed by atoms with Gasteiger partial charge in [-0.15, -0.1) is 0 Å². The molecule has 0 aromatic carbocycles. The van der Waals surface area contributed by atoms with Crippen LogP contribution in [0, 0.1) is 22.3 Å². The Morgan fingerprint density at radius 3 is 1.33 bits per heavy atom. The standard InChI is InChI=1S/C28H52N2O6/c1-21-23(17-19-29(7,33)27(21,3)4)35-25(31)15-13-11-9-10-12-14-16-26(32)36-24-18-20-30(8,34)28(5,6)22(24)2/h21-24H,9-20H2,1-8H3. The molecule has 0 radical (unpaired) electrons. The maximum Gasteiger partial charge on any atom is 0.306 e. The van der Waals surface area contributed by atoms with Crippen LogP contribution < -0.4 is 0 Å². The molecule has 2 saturated heterocycles. The lowest BCUT2D eigenvalue weighted by molar-refractivity contribution is -0.921. The summed E-state index contributed by atoms with van der Waals surface area (Å²) in [6, 6.07) is 0. The van der Waals surface area contributed by atoms with Gasteiger partial charge in [0.05, 0.1) is 38.3 Å². The van der Waals surface area contributed by atoms with Gasteiger partial charge < -0.3 is 29.2 Å². The summed E-state index contributed by atoms with van der Waals surface area (Å²) in [6.07, 6.45) is 7.26. The Bertz CT molecular complexity index is 686. The predicted molar refractivity (Wildman–Crippen MR) is 141 cm³/mol. The van der Waals surface area contributed by atoms with Crippen LogP contribution in [-0.2, 0) is 19.1 Å². The van der Waals surface area contributed by atoms with Crippen molar-refractivity contribution in [3.05, 3.63) is 10.4 Å². The van der Waals surface area contributed by atoms with Gasteiger partial charge in [-0.2, -0.15) is 0 Å². The topological polar surface area (TPSA) is 98.7 Å². The second-order valence-electron chi connectivity index (χ2n) is 12.8. The van der Waals surface area contributed by atoms with Gasteiger partial charge in [-0.05, 0) is 40.5 Å². The molecule has 2 fully saturated rings. The van der Waals surface area contributed by atoms with Crippen LogP contribution in [0.25, 0.3) is 0 Å². The van der Waals surface area contributed by atoms with Crippen LogP contribution in [-0.4, -0.2) is 71.7 Å². The first kappa shape index (κ1) is 31.0. The zero-order valence-electron chi connectivity index (χ0n) is 24.1. The average molecular weight is 513 g/mol. The Kier molecular flexibility index (Phi) is 10.4. The number of rotatable bonds is 11. The summed E-state index contributed by atoms with van der Waals surface area (Å²) < 4.78 is 10.9. The van der Waals surface area contributed by atoms with Gasteiger partial charge in [-0.1, -0.05) is 39.5 Å². The van der Waals surface area contributed by atoms with E-state index < -0.39 is 11.1 Å². The van der Waals surface area contributed by atoms with Crippen molar-refractivity contribution < 1.29 is 28.4 Å². The van der Waals surface area contributed by atoms with E-state index in [2.05, 4.69) is 0 Å². The van der Waals surface area contributed by atoms with Gasteiger partial charge in [-0.25, -0.2) is 0 Å². The maximum absolute atomic E-state index is 12.7. The number of carbonyl (C=O) groups is 2. The minimum atomic E-state index is -0.474. The van der Waals surface area contributed by atoms with Crippen LogP contribution in [0.3, 0.4) is 0 Å². The van der Waals surface area contributed by atoms with Crippen molar-refractivity contribution in [3.63, 3.8) is 0 Å². The number of hydroxylamine groups is 6. The Morgan fingerprint density at radius 1 is 0.694 bits per heavy atom. The predicted octanol–water partition coefficient (Wildman–Crippen LogP) is 5.46. The van der Waals surface area contributed by atoms with Crippen LogP contribution in [0.4, 0.5) is 0 Å². The summed E-state index contributed by atoms with van der Waals surface area (Å²) in [5, 5.41) is 25.4. The lowest BCUT2D eigenvalue weighted by Gasteiger charge is -2.58. The number of carbonyl (C=O) groups excluding carboxylic acids is 2. The van der Waals surface area contributed by atoms with Crippen LogP contribution >= 0.6 is 0 Å². The van der Waals surface area contributed by atoms with Crippen molar-refractivity contribution in [2.75, 3.05) is 27.2 Å². The Hall–Kier alpha value is -1.22. The molecule has 0 aliphatic carbocycles. The quantitative estimate of drug-likeness (QED) is 0.158. The zero-order valence-corrected chi connectivity index (χ0v) is 24.1. The Labute approximate surface area is 219 Å². The summed E-state index contributed by atoms with van der Waals surface area (Å²) in [5.41, 5.74) is -0.947. The second kappa shape index (κ2) is 12.1. The third-order valence-electron chi connectivity index (χ3n) is 10.0. The molecule has 0 spiro atoms. The zero-order chi connectivity index (χ0) is 27.4. The molecule has 2 rings (SSSR count). The van der Waals surface area contributed by atoms with Crippen molar-refractivity contribution in [1.29, 1.82) is 0 Å². The highest BCUT2D eigenvalue weighted by Crippen LogP contribution is 2.40. The number of quaternary nitrogens is 2. The molecular formula is C28H52N2O6. The van der Waals surface area contributed by atoms with E-state index in [1.807, 2.05) is 41.5 Å². The van der Waals surface area contributed by atoms with Crippen LogP contribution in [0.1, 0.15) is 106 Å². The summed E-state index contributed by atoms with van der Waals surface area (Å²) in [4.78, 5) is 24.7. The van der Waals surface area contributed by atoms with E-state index in [9.17, 15) is 20.0 Å². The van der Waals surface area contributed by atoms with Gasteiger partial charge in [0.2, 0.25) is 0 Å². The first-order valence-electron chi connectivity index (χ1n) is 14.0. The highest BCUT2D eigenvalue weighted by atomic mass is 16.6. The number of likely N-dealkylation sites (tertiary alicyclic amines) is 2. The largest absolute Gasteiger partial charge is 0.633 e. The highest BCUT2D eigenvalue weighted by molar-refractivity contribution is 5.69. The molecule has 0 aromatic rings. The summed E-state index contributed by atoms with van der Waals surface area (Å²) >= 11 is 0. The van der Waals surface area contributed by atoms with Crippen molar-refractivity contribution in [2.24, 2.45) is 11.8 Å². The molecule has 0 amide bonds. The molecule has 2 aliphatic rings. The number of unbranched alkanes of at least 4 members (excludes halogenated alkanes) is 5. The lowest BCUT2D eigenvalue weighted by atomic mass is 9.78. The third kappa shape index (κ3) is 7.21. The average Bonchev–Trinajstić information content (AvgIpc) is 2.78. The van der Waals surface area contributed by atoms with Crippen molar-refractivity contribution in [1.82, 2.24) is 0 Å². The highest BCUT2D eigenvalue weighted by Gasteiger charge is 2.49. The molecule has 6 unspecified atom stereocenters. The van der Waals surface area contributed by atoms with E-state index in [0.717, 1.165) is 38.5 Å². The van der Waals surface area contributed by atoms with Gasteiger partial charge in [-0.3, -0.25) is 9.59 Å². The molecule has 8 heteroatoms. The van der Waals surface area contributed by atoms with E-state index in [1.165, 1.54) is 0 Å². The number of ether oxygens (including phenoxy) is 2. The molecule has 0 aromatic heterocycles. The molecule has 0 saturated carbocycles. The molecule has 210 valence electrons. The Morgan fingerprint density at radius 2 is 1.00 bits per heavy atom. The van der Waals surface area contributed by atoms with E-state index in [-0.39, 0.29) is 45.3 Å². The minimum absolute atomic E-state index is 0.0169. The fourth-order valence-corrected chi connectivity index (χ4v) is 5.62. The van der Waals surface area contributed by atoms with Crippen LogP contribution in [0.5, 0.6) is 0 Å². The first-order chi connectivity index (χ1) is 16.5. The van der Waals surface area contributed by atoms with Gasteiger partial charge in [0.1, 0.15) is 12.2 Å². The molecule has 0 N–H and O–H groups in total. The second-order valence-corrected chi connectivity index (χ2v) is 12.8. The van der Waals surface area contributed by atoms with E-state index in [4.69, 9.17) is 9.47 Å². The molecule has 8 nitrogen and oxygen atoms in total. The monoisotopic (exact) mass is 512 g/mol.